The molecule has 0 fully saturated rings. The number of urea groups is 1. The van der Waals surface area contributed by atoms with Gasteiger partial charge in [-0.1, -0.05) is 12.1 Å². The van der Waals surface area contributed by atoms with E-state index in [9.17, 15) is 14.4 Å². The maximum absolute atomic E-state index is 13.4. The average molecular weight is 473 g/mol. The number of nitrogens with zero attached hydrogens (tertiary/aromatic N) is 3. The number of esters is 1. The smallest absolute Gasteiger partial charge is 0.337 e. The molecule has 10 heteroatoms. The van der Waals surface area contributed by atoms with Crippen LogP contribution >= 0.6 is 0 Å². The van der Waals surface area contributed by atoms with E-state index in [1.807, 2.05) is 18.4 Å². The highest BCUT2D eigenvalue weighted by atomic mass is 16.5. The first-order valence-corrected chi connectivity index (χ1v) is 10.8. The fourth-order valence-electron chi connectivity index (χ4n) is 3.67. The Labute approximate surface area is 201 Å². The molecule has 0 radical (unpaired) electrons. The normalized spacial score (nSPS) is 10.9. The monoisotopic (exact) mass is 472 g/mol. The summed E-state index contributed by atoms with van der Waals surface area (Å²) in [5, 5.41) is 5.89. The zero-order valence-electron chi connectivity index (χ0n) is 19.4. The summed E-state index contributed by atoms with van der Waals surface area (Å²) in [5.74, 6) is -0.504. The van der Waals surface area contributed by atoms with E-state index in [0.29, 0.717) is 39.1 Å². The summed E-state index contributed by atoms with van der Waals surface area (Å²) >= 11 is 0. The fourth-order valence-corrected chi connectivity index (χ4v) is 3.67. The molecule has 2 aromatic heterocycles. The molecule has 10 nitrogen and oxygen atoms in total. The van der Waals surface area contributed by atoms with Gasteiger partial charge in [0.2, 0.25) is 0 Å². The number of anilines is 3. The average Bonchev–Trinajstić information content (AvgIpc) is 3.25. The lowest BCUT2D eigenvalue weighted by Gasteiger charge is -2.09. The van der Waals surface area contributed by atoms with Gasteiger partial charge in [-0.15, -0.1) is 0 Å². The number of nitrogens with one attached hydrogen (secondary N) is 2. The first-order valence-electron chi connectivity index (χ1n) is 10.8. The number of fused-ring (bicyclic) bond motifs is 1. The largest absolute Gasteiger partial charge is 0.465 e. The number of carbonyl (C=O) groups excluding carboxylic acids is 3. The van der Waals surface area contributed by atoms with Crippen LogP contribution in [-0.2, 0) is 4.74 Å². The molecule has 0 aliphatic carbocycles. The van der Waals surface area contributed by atoms with Crippen LogP contribution in [0.3, 0.4) is 0 Å². The number of nitrogen functional groups attached to an aromatic ring is 1. The van der Waals surface area contributed by atoms with E-state index in [1.54, 1.807) is 54.7 Å². The van der Waals surface area contributed by atoms with Crippen molar-refractivity contribution in [1.82, 2.24) is 14.5 Å². The lowest BCUT2D eigenvalue weighted by atomic mass is 10.0. The minimum absolute atomic E-state index is 0.0618. The summed E-state index contributed by atoms with van der Waals surface area (Å²) in [6, 6.07) is 12.4. The Morgan fingerprint density at radius 3 is 2.37 bits per heavy atom. The molecular formula is C25H24N6O4. The van der Waals surface area contributed by atoms with Gasteiger partial charge >= 0.3 is 12.0 Å². The highest BCUT2D eigenvalue weighted by Crippen LogP contribution is 2.29. The number of aromatic nitrogens is 3. The molecule has 4 aromatic rings. The first-order chi connectivity index (χ1) is 16.8. The van der Waals surface area contributed by atoms with Crippen LogP contribution in [0.5, 0.6) is 0 Å². The van der Waals surface area contributed by atoms with Gasteiger partial charge in [-0.25, -0.2) is 19.6 Å². The van der Waals surface area contributed by atoms with Crippen molar-refractivity contribution in [3.05, 3.63) is 77.7 Å². The van der Waals surface area contributed by atoms with E-state index in [-0.39, 0.29) is 17.6 Å². The summed E-state index contributed by atoms with van der Waals surface area (Å²) in [4.78, 5) is 45.8. The highest BCUT2D eigenvalue weighted by molar-refractivity contribution is 6.18. The number of hydrogen-bond donors (Lipinski definition) is 3. The molecule has 35 heavy (non-hydrogen) atoms. The van der Waals surface area contributed by atoms with Gasteiger partial charge < -0.3 is 25.7 Å². The number of ketones is 1. The molecule has 0 bridgehead atoms. The highest BCUT2D eigenvalue weighted by Gasteiger charge is 2.21. The minimum atomic E-state index is -0.505. The summed E-state index contributed by atoms with van der Waals surface area (Å²) < 4.78 is 6.54. The van der Waals surface area contributed by atoms with Crippen LogP contribution in [-0.4, -0.2) is 39.4 Å². The Bertz CT molecular complexity index is 1430. The number of ether oxygens (including phenoxy) is 1. The van der Waals surface area contributed by atoms with Crippen LogP contribution in [0.4, 0.5) is 22.0 Å². The number of carbonyl (C=O) groups is 3. The van der Waals surface area contributed by atoms with Crippen LogP contribution in [0, 0.1) is 0 Å². The standard InChI is InChI=1S/C25H24N6O4/c1-14(2)31-12-19(20-22(26)27-13-28-23(20)31)21(32)16-5-4-6-18(11-16)30-25(34)29-17-9-7-15(8-10-17)24(33)35-3/h4-14H,1-3H3,(H2,26,27,28)(H2,29,30,34). The third-order valence-electron chi connectivity index (χ3n) is 5.39. The summed E-state index contributed by atoms with van der Waals surface area (Å²) in [6.07, 6.45) is 3.10. The van der Waals surface area contributed by atoms with Crippen molar-refractivity contribution in [3.8, 4) is 0 Å². The molecule has 0 spiro atoms. The lowest BCUT2D eigenvalue weighted by Crippen LogP contribution is -2.19. The van der Waals surface area contributed by atoms with E-state index in [0.717, 1.165) is 0 Å². The van der Waals surface area contributed by atoms with E-state index in [2.05, 4.69) is 25.3 Å². The number of amides is 2. The second-order valence-corrected chi connectivity index (χ2v) is 8.06. The van der Waals surface area contributed by atoms with E-state index < -0.39 is 12.0 Å². The number of benzene rings is 2. The van der Waals surface area contributed by atoms with Crippen LogP contribution in [0.15, 0.2) is 61.1 Å². The van der Waals surface area contributed by atoms with E-state index >= 15 is 0 Å². The van der Waals surface area contributed by atoms with Crippen molar-refractivity contribution in [3.63, 3.8) is 0 Å². The molecule has 0 saturated carbocycles. The number of rotatable bonds is 6. The van der Waals surface area contributed by atoms with Gasteiger partial charge in [0.15, 0.2) is 5.78 Å². The van der Waals surface area contributed by atoms with Crippen molar-refractivity contribution in [2.45, 2.75) is 19.9 Å². The predicted octanol–water partition coefficient (Wildman–Crippen LogP) is 4.26. The number of methoxy groups -OCH3 is 1. The van der Waals surface area contributed by atoms with Crippen LogP contribution in [0.25, 0.3) is 11.0 Å². The summed E-state index contributed by atoms with van der Waals surface area (Å²) in [5.41, 5.74) is 8.71. The molecule has 2 aromatic carbocycles. The van der Waals surface area contributed by atoms with Crippen molar-refractivity contribution < 1.29 is 19.1 Å². The van der Waals surface area contributed by atoms with Gasteiger partial charge in [-0.2, -0.15) is 0 Å². The summed E-state index contributed by atoms with van der Waals surface area (Å²) in [6.45, 7) is 3.97. The van der Waals surface area contributed by atoms with Gasteiger partial charge in [-0.05, 0) is 50.2 Å². The van der Waals surface area contributed by atoms with Crippen LogP contribution in [0.2, 0.25) is 0 Å². The number of hydrogen-bond acceptors (Lipinski definition) is 7. The van der Waals surface area contributed by atoms with Gasteiger partial charge in [0.1, 0.15) is 17.8 Å². The maximum Gasteiger partial charge on any atom is 0.337 e. The lowest BCUT2D eigenvalue weighted by molar-refractivity contribution is 0.0600. The molecule has 0 aliphatic heterocycles. The van der Waals surface area contributed by atoms with Gasteiger partial charge in [-0.3, -0.25) is 4.79 Å². The van der Waals surface area contributed by atoms with Gasteiger partial charge in [0, 0.05) is 29.2 Å². The third-order valence-corrected chi connectivity index (χ3v) is 5.39. The molecule has 4 N–H and O–H groups in total. The Balaban J connectivity index is 1.54. The molecule has 0 unspecified atom stereocenters. The summed E-state index contributed by atoms with van der Waals surface area (Å²) in [7, 11) is 1.30. The van der Waals surface area contributed by atoms with Gasteiger partial charge in [0.25, 0.3) is 0 Å². The van der Waals surface area contributed by atoms with Crippen molar-refractivity contribution in [2.24, 2.45) is 0 Å². The zero-order chi connectivity index (χ0) is 25.1. The third kappa shape index (κ3) is 4.81. The quantitative estimate of drug-likeness (QED) is 0.281. The number of nitrogens with two attached hydrogens (primary N) is 1. The van der Waals surface area contributed by atoms with E-state index in [1.165, 1.54) is 13.4 Å². The molecule has 0 atom stereocenters. The molecule has 178 valence electrons. The molecular weight excluding hydrogens is 448 g/mol. The Kier molecular flexibility index (Phi) is 6.45. The predicted molar refractivity (Wildman–Crippen MR) is 133 cm³/mol. The Hall–Kier alpha value is -4.73. The molecule has 0 aliphatic rings. The topological polar surface area (TPSA) is 141 Å². The molecule has 2 amide bonds. The van der Waals surface area contributed by atoms with Crippen molar-refractivity contribution in [2.75, 3.05) is 23.5 Å². The Morgan fingerprint density at radius 1 is 0.971 bits per heavy atom. The second-order valence-electron chi connectivity index (χ2n) is 8.06. The molecule has 2 heterocycles. The fraction of sp³-hybridized carbons (Fsp3) is 0.160. The van der Waals surface area contributed by atoms with Crippen molar-refractivity contribution in [1.29, 1.82) is 0 Å². The molecule has 4 rings (SSSR count). The van der Waals surface area contributed by atoms with E-state index in [4.69, 9.17) is 5.73 Å². The van der Waals surface area contributed by atoms with Crippen LogP contribution < -0.4 is 16.4 Å². The first kappa shape index (κ1) is 23.4. The van der Waals surface area contributed by atoms with Gasteiger partial charge in [0.05, 0.1) is 23.6 Å². The SMILES string of the molecule is COC(=O)c1ccc(NC(=O)Nc2cccc(C(=O)c3cn(C(C)C)c4ncnc(N)c34)c2)cc1. The zero-order valence-corrected chi connectivity index (χ0v) is 19.4. The van der Waals surface area contributed by atoms with Crippen LogP contribution in [0.1, 0.15) is 46.2 Å². The minimum Gasteiger partial charge on any atom is -0.465 e. The second kappa shape index (κ2) is 9.64. The maximum atomic E-state index is 13.4. The Morgan fingerprint density at radius 2 is 1.69 bits per heavy atom. The van der Waals surface area contributed by atoms with Crippen molar-refractivity contribution >= 4 is 46.0 Å². The molecule has 0 saturated heterocycles.